The van der Waals surface area contributed by atoms with E-state index in [0.29, 0.717) is 25.9 Å². The average Bonchev–Trinajstić information content (AvgIpc) is 2.74. The Labute approximate surface area is 169 Å². The molecule has 2 aromatic carbocycles. The lowest BCUT2D eigenvalue weighted by Crippen LogP contribution is -2.47. The zero-order valence-electron chi connectivity index (χ0n) is 16.3. The maximum absolute atomic E-state index is 12.7. The van der Waals surface area contributed by atoms with Gasteiger partial charge in [-0.3, -0.25) is 9.59 Å². The smallest absolute Gasteiger partial charge is 0.336 e. The van der Waals surface area contributed by atoms with Gasteiger partial charge < -0.3 is 20.1 Å². The minimum atomic E-state index is -1.12. The highest BCUT2D eigenvalue weighted by molar-refractivity contribution is 6.04. The highest BCUT2D eigenvalue weighted by Gasteiger charge is 2.26. The Hall–Kier alpha value is -3.35. The molecular weight excluding hydrogens is 372 g/mol. The molecular formula is C22H24N2O5. The molecule has 7 heteroatoms. The molecule has 1 aliphatic heterocycles. The van der Waals surface area contributed by atoms with Gasteiger partial charge in [-0.2, -0.15) is 0 Å². The Morgan fingerprint density at radius 2 is 1.66 bits per heavy atom. The third-order valence-corrected chi connectivity index (χ3v) is 5.06. The largest absolute Gasteiger partial charge is 0.497 e. The quantitative estimate of drug-likeness (QED) is 0.781. The van der Waals surface area contributed by atoms with Gasteiger partial charge in [0.15, 0.2) is 0 Å². The van der Waals surface area contributed by atoms with Crippen LogP contribution in [-0.2, 0) is 11.2 Å². The fourth-order valence-electron chi connectivity index (χ4n) is 3.46. The highest BCUT2D eigenvalue weighted by atomic mass is 16.5. The first-order chi connectivity index (χ1) is 14.0. The number of nitrogens with one attached hydrogen (secondary N) is 1. The molecule has 0 atom stereocenters. The van der Waals surface area contributed by atoms with Crippen LogP contribution in [0.2, 0.25) is 0 Å². The fraction of sp³-hybridized carbons (Fsp3) is 0.318. The Morgan fingerprint density at radius 1 is 1.03 bits per heavy atom. The number of rotatable bonds is 6. The molecule has 2 aromatic rings. The number of nitrogens with zero attached hydrogens (tertiary/aromatic N) is 1. The predicted octanol–water partition coefficient (Wildman–Crippen LogP) is 2.36. The number of carbonyl (C=O) groups is 3. The minimum Gasteiger partial charge on any atom is -0.497 e. The van der Waals surface area contributed by atoms with Crippen LogP contribution < -0.4 is 10.1 Å². The first kappa shape index (κ1) is 20.4. The number of ether oxygens (including phenoxy) is 1. The molecule has 29 heavy (non-hydrogen) atoms. The van der Waals surface area contributed by atoms with Crippen LogP contribution in [0.15, 0.2) is 48.5 Å². The average molecular weight is 396 g/mol. The number of benzene rings is 2. The number of carboxylic acid groups (broad SMARTS) is 1. The van der Waals surface area contributed by atoms with E-state index in [1.54, 1.807) is 24.1 Å². The summed E-state index contributed by atoms with van der Waals surface area (Å²) in [5, 5.41) is 12.3. The number of carbonyl (C=O) groups excluding carboxylic acids is 2. The Morgan fingerprint density at radius 3 is 2.24 bits per heavy atom. The number of aromatic carboxylic acids is 1. The first-order valence-electron chi connectivity index (χ1n) is 9.52. The van der Waals surface area contributed by atoms with Gasteiger partial charge in [-0.25, -0.2) is 4.79 Å². The van der Waals surface area contributed by atoms with Gasteiger partial charge in [0, 0.05) is 19.1 Å². The molecule has 0 unspecified atom stereocenters. The summed E-state index contributed by atoms with van der Waals surface area (Å²) in [6.07, 6.45) is 1.56. The molecule has 0 radical (unpaired) electrons. The molecule has 0 aliphatic carbocycles. The molecule has 0 spiro atoms. The van der Waals surface area contributed by atoms with Gasteiger partial charge in [-0.15, -0.1) is 0 Å². The molecule has 7 nitrogen and oxygen atoms in total. The molecule has 2 N–H and O–H groups in total. The molecule has 0 bridgehead atoms. The van der Waals surface area contributed by atoms with Gasteiger partial charge in [-0.05, 0) is 42.7 Å². The Kier molecular flexibility index (Phi) is 6.49. The lowest BCUT2D eigenvalue weighted by atomic mass is 10.0. The van der Waals surface area contributed by atoms with Gasteiger partial charge in [0.25, 0.3) is 5.91 Å². The van der Waals surface area contributed by atoms with Crippen LogP contribution in [0, 0.1) is 0 Å². The molecule has 0 saturated carbocycles. The van der Waals surface area contributed by atoms with E-state index in [1.807, 2.05) is 24.3 Å². The zero-order valence-corrected chi connectivity index (χ0v) is 16.3. The van der Waals surface area contributed by atoms with E-state index in [1.165, 1.54) is 12.1 Å². The predicted molar refractivity (Wildman–Crippen MR) is 107 cm³/mol. The SMILES string of the molecule is COc1ccc(CC(=O)NC2CCN(C(=O)c3ccccc3C(=O)O)CC2)cc1. The van der Waals surface area contributed by atoms with Crippen molar-refractivity contribution < 1.29 is 24.2 Å². The van der Waals surface area contributed by atoms with Gasteiger partial charge >= 0.3 is 5.97 Å². The minimum absolute atomic E-state index is 0.000448. The number of amides is 2. The van der Waals surface area contributed by atoms with E-state index in [0.717, 1.165) is 11.3 Å². The first-order valence-corrected chi connectivity index (χ1v) is 9.52. The van der Waals surface area contributed by atoms with E-state index in [9.17, 15) is 19.5 Å². The van der Waals surface area contributed by atoms with Crippen LogP contribution in [0.3, 0.4) is 0 Å². The van der Waals surface area contributed by atoms with E-state index in [-0.39, 0.29) is 35.4 Å². The summed E-state index contributed by atoms with van der Waals surface area (Å²) in [7, 11) is 1.60. The van der Waals surface area contributed by atoms with Crippen molar-refractivity contribution in [2.24, 2.45) is 0 Å². The van der Waals surface area contributed by atoms with Crippen LogP contribution in [0.1, 0.15) is 39.1 Å². The van der Waals surface area contributed by atoms with Crippen LogP contribution in [0.4, 0.5) is 0 Å². The third-order valence-electron chi connectivity index (χ3n) is 5.06. The molecule has 1 fully saturated rings. The number of hydrogen-bond donors (Lipinski definition) is 2. The summed E-state index contributed by atoms with van der Waals surface area (Å²) >= 11 is 0. The van der Waals surface area contributed by atoms with E-state index >= 15 is 0 Å². The summed E-state index contributed by atoms with van der Waals surface area (Å²) in [6.45, 7) is 0.945. The summed E-state index contributed by atoms with van der Waals surface area (Å²) < 4.78 is 5.11. The maximum atomic E-state index is 12.7. The van der Waals surface area contributed by atoms with Crippen LogP contribution >= 0.6 is 0 Å². The lowest BCUT2D eigenvalue weighted by Gasteiger charge is -2.32. The summed E-state index contributed by atoms with van der Waals surface area (Å²) in [4.78, 5) is 38.0. The summed E-state index contributed by atoms with van der Waals surface area (Å²) in [5.41, 5.74) is 1.11. The fourth-order valence-corrected chi connectivity index (χ4v) is 3.46. The van der Waals surface area contributed by atoms with E-state index in [4.69, 9.17) is 4.74 Å². The van der Waals surface area contributed by atoms with Crippen molar-refractivity contribution in [2.75, 3.05) is 20.2 Å². The van der Waals surface area contributed by atoms with Crippen LogP contribution in [0.25, 0.3) is 0 Å². The van der Waals surface area contributed by atoms with Gasteiger partial charge in [-0.1, -0.05) is 24.3 Å². The lowest BCUT2D eigenvalue weighted by molar-refractivity contribution is -0.121. The monoisotopic (exact) mass is 396 g/mol. The topological polar surface area (TPSA) is 95.9 Å². The van der Waals surface area contributed by atoms with Gasteiger partial charge in [0.2, 0.25) is 5.91 Å². The summed E-state index contributed by atoms with van der Waals surface area (Å²) in [6, 6.07) is 13.6. The van der Waals surface area contributed by atoms with Crippen molar-refractivity contribution in [1.29, 1.82) is 0 Å². The number of carboxylic acids is 1. The second-order valence-corrected chi connectivity index (χ2v) is 7.01. The van der Waals surface area contributed by atoms with Crippen molar-refractivity contribution in [3.63, 3.8) is 0 Å². The van der Waals surface area contributed by atoms with Gasteiger partial charge in [0.1, 0.15) is 5.75 Å². The number of hydrogen-bond acceptors (Lipinski definition) is 4. The van der Waals surface area contributed by atoms with E-state index < -0.39 is 5.97 Å². The zero-order chi connectivity index (χ0) is 20.8. The standard InChI is InChI=1S/C22H24N2O5/c1-29-17-8-6-15(7-9-17)14-20(25)23-16-10-12-24(13-11-16)21(26)18-4-2-3-5-19(18)22(27)28/h2-9,16H,10-14H2,1H3,(H,23,25)(H,27,28). The number of piperidine rings is 1. The number of methoxy groups -OCH3 is 1. The van der Waals surface area contributed by atoms with Crippen molar-refractivity contribution >= 4 is 17.8 Å². The van der Waals surface area contributed by atoms with E-state index in [2.05, 4.69) is 5.32 Å². The Bertz CT molecular complexity index is 886. The molecule has 1 heterocycles. The second kappa shape index (κ2) is 9.23. The maximum Gasteiger partial charge on any atom is 0.336 e. The normalized spacial score (nSPS) is 14.3. The molecule has 152 valence electrons. The molecule has 0 aromatic heterocycles. The Balaban J connectivity index is 1.52. The highest BCUT2D eigenvalue weighted by Crippen LogP contribution is 2.17. The summed E-state index contributed by atoms with van der Waals surface area (Å²) in [5.74, 6) is -0.715. The van der Waals surface area contributed by atoms with Crippen molar-refractivity contribution in [2.45, 2.75) is 25.3 Å². The van der Waals surface area contributed by atoms with Crippen molar-refractivity contribution in [3.05, 3.63) is 65.2 Å². The molecule has 3 rings (SSSR count). The van der Waals surface area contributed by atoms with Crippen LogP contribution in [-0.4, -0.2) is 54.0 Å². The molecule has 1 aliphatic rings. The molecule has 2 amide bonds. The van der Waals surface area contributed by atoms with Gasteiger partial charge in [0.05, 0.1) is 24.7 Å². The third kappa shape index (κ3) is 5.13. The van der Waals surface area contributed by atoms with Crippen LogP contribution in [0.5, 0.6) is 5.75 Å². The van der Waals surface area contributed by atoms with Crippen molar-refractivity contribution in [3.8, 4) is 5.75 Å². The van der Waals surface area contributed by atoms with Crippen molar-refractivity contribution in [1.82, 2.24) is 10.2 Å². The second-order valence-electron chi connectivity index (χ2n) is 7.01. The molecule has 1 saturated heterocycles. The number of likely N-dealkylation sites (tertiary alicyclic amines) is 1.